The summed E-state index contributed by atoms with van der Waals surface area (Å²) in [7, 11) is 0. The third-order valence-electron chi connectivity index (χ3n) is 4.18. The van der Waals surface area contributed by atoms with Gasteiger partial charge < -0.3 is 15.4 Å². The van der Waals surface area contributed by atoms with E-state index >= 15 is 0 Å². The van der Waals surface area contributed by atoms with E-state index in [-0.39, 0.29) is 17.4 Å². The highest BCUT2D eigenvalue weighted by atomic mass is 16.4. The molecule has 0 radical (unpaired) electrons. The smallest absolute Gasteiger partial charge is 0.336 e. The lowest BCUT2D eigenvalue weighted by atomic mass is 9.98. The second kappa shape index (κ2) is 5.49. The number of nitrogens with one attached hydrogen (secondary N) is 2. The highest BCUT2D eigenvalue weighted by Crippen LogP contribution is 2.34. The van der Waals surface area contributed by atoms with Crippen molar-refractivity contribution in [3.8, 4) is 11.1 Å². The summed E-state index contributed by atoms with van der Waals surface area (Å²) in [6.45, 7) is 0. The second-order valence-electron chi connectivity index (χ2n) is 5.91. The molecule has 1 fully saturated rings. The molecule has 24 heavy (non-hydrogen) atoms. The minimum absolute atomic E-state index is 0.0362. The molecule has 1 saturated carbocycles. The maximum Gasteiger partial charge on any atom is 0.336 e. The van der Waals surface area contributed by atoms with Gasteiger partial charge in [-0.15, -0.1) is 0 Å². The number of aromatic carboxylic acids is 1. The Morgan fingerprint density at radius 1 is 1.17 bits per heavy atom. The maximum atomic E-state index is 12.0. The molecule has 0 saturated heterocycles. The van der Waals surface area contributed by atoms with Gasteiger partial charge in [0.1, 0.15) is 11.5 Å². The van der Waals surface area contributed by atoms with Gasteiger partial charge in [-0.05, 0) is 42.2 Å². The Morgan fingerprint density at radius 3 is 2.71 bits per heavy atom. The Labute approximate surface area is 137 Å². The molecule has 0 atom stereocenters. The van der Waals surface area contributed by atoms with Crippen molar-refractivity contribution in [3.05, 3.63) is 48.2 Å². The first-order valence-corrected chi connectivity index (χ1v) is 7.75. The Hall–Kier alpha value is -3.15. The van der Waals surface area contributed by atoms with Crippen LogP contribution >= 0.6 is 0 Å². The molecule has 6 nitrogen and oxygen atoms in total. The van der Waals surface area contributed by atoms with Crippen molar-refractivity contribution < 1.29 is 14.7 Å². The van der Waals surface area contributed by atoms with Crippen LogP contribution in [0.1, 0.15) is 23.2 Å². The van der Waals surface area contributed by atoms with Crippen LogP contribution in [0.15, 0.2) is 42.6 Å². The molecule has 6 heteroatoms. The number of fused-ring (bicyclic) bond motifs is 1. The van der Waals surface area contributed by atoms with Crippen molar-refractivity contribution >= 4 is 28.7 Å². The van der Waals surface area contributed by atoms with Gasteiger partial charge in [-0.1, -0.05) is 18.2 Å². The topological polar surface area (TPSA) is 95.1 Å². The summed E-state index contributed by atoms with van der Waals surface area (Å²) in [6, 6.07) is 10.4. The molecular weight excluding hydrogens is 306 g/mol. The van der Waals surface area contributed by atoms with Gasteiger partial charge in [-0.25, -0.2) is 9.78 Å². The van der Waals surface area contributed by atoms with Crippen molar-refractivity contribution in [3.63, 3.8) is 0 Å². The summed E-state index contributed by atoms with van der Waals surface area (Å²) < 4.78 is 0. The predicted molar refractivity (Wildman–Crippen MR) is 89.8 cm³/mol. The number of carbonyl (C=O) groups excluding carboxylic acids is 1. The summed E-state index contributed by atoms with van der Waals surface area (Å²) in [5, 5.41) is 13.1. The molecule has 2 aromatic heterocycles. The Bertz CT molecular complexity index is 957. The number of hydrogen-bond acceptors (Lipinski definition) is 3. The predicted octanol–water partition coefficient (Wildman–Crippen LogP) is 3.28. The van der Waals surface area contributed by atoms with Gasteiger partial charge in [0.15, 0.2) is 0 Å². The zero-order valence-electron chi connectivity index (χ0n) is 12.7. The van der Waals surface area contributed by atoms with Crippen molar-refractivity contribution in [1.29, 1.82) is 0 Å². The van der Waals surface area contributed by atoms with Crippen LogP contribution in [0, 0.1) is 5.92 Å². The molecule has 120 valence electrons. The number of benzene rings is 1. The average Bonchev–Trinajstić information content (AvgIpc) is 3.32. The third kappa shape index (κ3) is 2.52. The van der Waals surface area contributed by atoms with Crippen molar-refractivity contribution in [2.45, 2.75) is 12.8 Å². The van der Waals surface area contributed by atoms with Gasteiger partial charge >= 0.3 is 5.97 Å². The maximum absolute atomic E-state index is 12.0. The van der Waals surface area contributed by atoms with E-state index in [1.165, 1.54) is 0 Å². The Kier molecular flexibility index (Phi) is 3.30. The molecule has 1 aliphatic carbocycles. The van der Waals surface area contributed by atoms with Gasteiger partial charge in [-0.3, -0.25) is 4.79 Å². The van der Waals surface area contributed by atoms with E-state index in [9.17, 15) is 14.7 Å². The number of aromatic nitrogens is 2. The Morgan fingerprint density at radius 2 is 1.96 bits per heavy atom. The summed E-state index contributed by atoms with van der Waals surface area (Å²) in [4.78, 5) is 31.0. The largest absolute Gasteiger partial charge is 0.478 e. The van der Waals surface area contributed by atoms with Crippen LogP contribution in [0.25, 0.3) is 22.2 Å². The summed E-state index contributed by atoms with van der Waals surface area (Å²) in [5.74, 6) is -0.529. The number of H-pyrrole nitrogens is 1. The highest BCUT2D eigenvalue weighted by Gasteiger charge is 2.30. The number of aromatic amines is 1. The van der Waals surface area contributed by atoms with Gasteiger partial charge in [0, 0.05) is 17.5 Å². The first-order valence-electron chi connectivity index (χ1n) is 7.75. The number of nitrogens with zero attached hydrogens (tertiary/aromatic N) is 1. The molecular formula is C18H15N3O3. The summed E-state index contributed by atoms with van der Waals surface area (Å²) >= 11 is 0. The number of amides is 1. The number of carboxylic acids is 1. The number of pyridine rings is 1. The summed E-state index contributed by atoms with van der Waals surface area (Å²) in [6.07, 6.45) is 3.56. The lowest BCUT2D eigenvalue weighted by molar-refractivity contribution is -0.117. The van der Waals surface area contributed by atoms with Crippen LogP contribution in [0.4, 0.5) is 5.82 Å². The lowest BCUT2D eigenvalue weighted by Gasteiger charge is -2.10. The number of carbonyl (C=O) groups is 2. The number of carboxylic acid groups (broad SMARTS) is 1. The standard InChI is InChI=1S/C18H15N3O3/c22-17(10-5-6-10)21-15-9-14(12-7-8-19-16(12)20-15)11-3-1-2-4-13(11)18(23)24/h1-4,7-10H,5-6H2,(H,23,24)(H2,19,20,21,22). The normalized spacial score (nSPS) is 13.8. The Balaban J connectivity index is 1.86. The molecule has 0 spiro atoms. The average molecular weight is 321 g/mol. The van der Waals surface area contributed by atoms with Gasteiger partial charge in [0.2, 0.25) is 5.91 Å². The van der Waals surface area contributed by atoms with E-state index in [1.54, 1.807) is 36.5 Å². The van der Waals surface area contributed by atoms with Crippen LogP contribution in [-0.2, 0) is 4.79 Å². The molecule has 1 aromatic carbocycles. The molecule has 3 N–H and O–H groups in total. The zero-order chi connectivity index (χ0) is 16.7. The van der Waals surface area contributed by atoms with E-state index in [0.717, 1.165) is 23.8 Å². The van der Waals surface area contributed by atoms with Gasteiger partial charge in [0.25, 0.3) is 0 Å². The quantitative estimate of drug-likeness (QED) is 0.687. The lowest BCUT2D eigenvalue weighted by Crippen LogP contribution is -2.14. The van der Waals surface area contributed by atoms with E-state index in [4.69, 9.17) is 0 Å². The molecule has 2 heterocycles. The van der Waals surface area contributed by atoms with E-state index < -0.39 is 5.97 Å². The van der Waals surface area contributed by atoms with Crippen LogP contribution in [0.5, 0.6) is 0 Å². The molecule has 3 aromatic rings. The van der Waals surface area contributed by atoms with Crippen LogP contribution < -0.4 is 5.32 Å². The number of rotatable bonds is 4. The van der Waals surface area contributed by atoms with E-state index in [2.05, 4.69) is 15.3 Å². The number of anilines is 1. The molecule has 0 aliphatic heterocycles. The minimum Gasteiger partial charge on any atom is -0.478 e. The third-order valence-corrected chi connectivity index (χ3v) is 4.18. The van der Waals surface area contributed by atoms with Gasteiger partial charge in [-0.2, -0.15) is 0 Å². The molecule has 4 rings (SSSR count). The number of hydrogen-bond donors (Lipinski definition) is 3. The van der Waals surface area contributed by atoms with Crippen LogP contribution in [0.3, 0.4) is 0 Å². The van der Waals surface area contributed by atoms with Crippen molar-refractivity contribution in [1.82, 2.24) is 9.97 Å². The SMILES string of the molecule is O=C(O)c1ccccc1-c1cc(NC(=O)C2CC2)nc2[nH]ccc12. The van der Waals surface area contributed by atoms with Crippen molar-refractivity contribution in [2.75, 3.05) is 5.32 Å². The molecule has 0 unspecified atom stereocenters. The zero-order valence-corrected chi connectivity index (χ0v) is 12.7. The van der Waals surface area contributed by atoms with Crippen LogP contribution in [0.2, 0.25) is 0 Å². The van der Waals surface area contributed by atoms with E-state index in [0.29, 0.717) is 17.0 Å². The monoisotopic (exact) mass is 321 g/mol. The summed E-state index contributed by atoms with van der Waals surface area (Å²) in [5.41, 5.74) is 2.15. The fourth-order valence-corrected chi connectivity index (χ4v) is 2.80. The van der Waals surface area contributed by atoms with E-state index in [1.807, 2.05) is 6.07 Å². The first kappa shape index (κ1) is 14.4. The highest BCUT2D eigenvalue weighted by molar-refractivity contribution is 6.04. The van der Waals surface area contributed by atoms with Crippen molar-refractivity contribution in [2.24, 2.45) is 5.92 Å². The second-order valence-corrected chi connectivity index (χ2v) is 5.91. The molecule has 1 aliphatic rings. The van der Waals surface area contributed by atoms with Gasteiger partial charge in [0.05, 0.1) is 5.56 Å². The van der Waals surface area contributed by atoms with Crippen LogP contribution in [-0.4, -0.2) is 27.0 Å². The first-order chi connectivity index (χ1) is 11.6. The fourth-order valence-electron chi connectivity index (χ4n) is 2.80. The fraction of sp³-hybridized carbons (Fsp3) is 0.167. The minimum atomic E-state index is -0.991. The molecule has 0 bridgehead atoms. The molecule has 1 amide bonds.